The summed E-state index contributed by atoms with van der Waals surface area (Å²) in [4.78, 5) is 0. The zero-order valence-electron chi connectivity index (χ0n) is 14.3. The van der Waals surface area contributed by atoms with Gasteiger partial charge in [0.2, 0.25) is 0 Å². The lowest BCUT2D eigenvalue weighted by Gasteiger charge is -2.12. The Bertz CT molecular complexity index is 637. The van der Waals surface area contributed by atoms with Crippen molar-refractivity contribution in [1.29, 1.82) is 0 Å². The lowest BCUT2D eigenvalue weighted by atomic mass is 10.2. The van der Waals surface area contributed by atoms with E-state index in [1.807, 2.05) is 19.1 Å². The van der Waals surface area contributed by atoms with Crippen molar-refractivity contribution >= 4 is 23.5 Å². The minimum atomic E-state index is 0.194. The second-order valence-electron chi connectivity index (χ2n) is 5.35. The van der Waals surface area contributed by atoms with Crippen molar-refractivity contribution < 1.29 is 14.2 Å². The summed E-state index contributed by atoms with van der Waals surface area (Å²) >= 11 is 5.19. The first-order valence-corrected chi connectivity index (χ1v) is 8.65. The number of thiocarbonyl (C=S) groups is 1. The van der Waals surface area contributed by atoms with Crippen LogP contribution in [0.1, 0.15) is 25.3 Å². The van der Waals surface area contributed by atoms with Gasteiger partial charge in [-0.1, -0.05) is 5.92 Å². The van der Waals surface area contributed by atoms with E-state index >= 15 is 0 Å². The van der Waals surface area contributed by atoms with E-state index in [0.717, 1.165) is 25.0 Å². The number of benzene rings is 1. The maximum atomic E-state index is 5.57. The highest BCUT2D eigenvalue weighted by Gasteiger charge is 2.15. The molecule has 0 spiro atoms. The molecule has 1 aromatic rings. The molecular formula is C18H23N3O3S. The molecule has 0 aromatic heterocycles. The van der Waals surface area contributed by atoms with Gasteiger partial charge in [-0.15, -0.1) is 6.42 Å². The molecule has 25 heavy (non-hydrogen) atoms. The van der Waals surface area contributed by atoms with Crippen molar-refractivity contribution in [1.82, 2.24) is 10.7 Å². The van der Waals surface area contributed by atoms with Crippen LogP contribution >= 0.6 is 12.2 Å². The van der Waals surface area contributed by atoms with Crippen molar-refractivity contribution in [2.24, 2.45) is 5.10 Å². The van der Waals surface area contributed by atoms with Crippen LogP contribution in [0.3, 0.4) is 0 Å². The van der Waals surface area contributed by atoms with Crippen LogP contribution in [-0.2, 0) is 4.74 Å². The summed E-state index contributed by atoms with van der Waals surface area (Å²) in [6.45, 7) is 4.15. The highest BCUT2D eigenvalue weighted by molar-refractivity contribution is 7.80. The van der Waals surface area contributed by atoms with E-state index in [1.165, 1.54) is 0 Å². The van der Waals surface area contributed by atoms with Crippen LogP contribution in [0.15, 0.2) is 23.3 Å². The number of hydrogen-bond acceptors (Lipinski definition) is 5. The molecule has 6 nitrogen and oxygen atoms in total. The van der Waals surface area contributed by atoms with E-state index in [1.54, 1.807) is 12.3 Å². The first kappa shape index (κ1) is 19.0. The first-order valence-electron chi connectivity index (χ1n) is 8.24. The van der Waals surface area contributed by atoms with Gasteiger partial charge in [0, 0.05) is 13.2 Å². The Balaban J connectivity index is 1.85. The van der Waals surface area contributed by atoms with Crippen LogP contribution in [0.25, 0.3) is 0 Å². The second-order valence-corrected chi connectivity index (χ2v) is 5.76. The summed E-state index contributed by atoms with van der Waals surface area (Å²) in [6.07, 6.45) is 9.28. The summed E-state index contributed by atoms with van der Waals surface area (Å²) in [7, 11) is 0. The zero-order chi connectivity index (χ0) is 17.9. The Hall–Kier alpha value is -2.30. The molecule has 1 aromatic carbocycles. The standard InChI is InChI=1S/C18H23N3O3S/c1-3-9-24-16-8-7-14(11-17(16)22-4-2)12-20-21-18(25)19-13-15-6-5-10-23-15/h1,7-8,11-12,15H,4-6,9-10,13H2,2H3,(H2,19,21,25)/b20-12-/t15-/m1/s1. The van der Waals surface area contributed by atoms with Gasteiger partial charge in [-0.25, -0.2) is 0 Å². The lowest BCUT2D eigenvalue weighted by Crippen LogP contribution is -2.37. The molecule has 2 N–H and O–H groups in total. The van der Waals surface area contributed by atoms with E-state index in [4.69, 9.17) is 32.9 Å². The lowest BCUT2D eigenvalue weighted by molar-refractivity contribution is 0.114. The topological polar surface area (TPSA) is 64.1 Å². The van der Waals surface area contributed by atoms with Crippen LogP contribution in [0.4, 0.5) is 0 Å². The van der Waals surface area contributed by atoms with Gasteiger partial charge >= 0.3 is 0 Å². The predicted octanol–water partition coefficient (Wildman–Crippen LogP) is 2.07. The van der Waals surface area contributed by atoms with Crippen LogP contribution in [0.5, 0.6) is 11.5 Å². The normalized spacial score (nSPS) is 16.4. The molecule has 134 valence electrons. The van der Waals surface area contributed by atoms with E-state index in [-0.39, 0.29) is 12.7 Å². The minimum Gasteiger partial charge on any atom is -0.490 e. The van der Waals surface area contributed by atoms with Gasteiger partial charge in [0.25, 0.3) is 0 Å². The third kappa shape index (κ3) is 6.61. The maximum Gasteiger partial charge on any atom is 0.187 e. The van der Waals surface area contributed by atoms with Gasteiger partial charge in [-0.2, -0.15) is 5.10 Å². The fourth-order valence-corrected chi connectivity index (χ4v) is 2.46. The molecule has 1 heterocycles. The van der Waals surface area contributed by atoms with E-state index in [9.17, 15) is 0 Å². The molecule has 1 aliphatic heterocycles. The molecule has 7 heteroatoms. The summed E-state index contributed by atoms with van der Waals surface area (Å²) < 4.78 is 16.5. The van der Waals surface area contributed by atoms with E-state index < -0.39 is 0 Å². The van der Waals surface area contributed by atoms with Gasteiger partial charge < -0.3 is 19.5 Å². The summed E-state index contributed by atoms with van der Waals surface area (Å²) in [5.41, 5.74) is 3.64. The molecule has 0 bridgehead atoms. The van der Waals surface area contributed by atoms with Crippen molar-refractivity contribution in [3.63, 3.8) is 0 Å². The van der Waals surface area contributed by atoms with Crippen LogP contribution < -0.4 is 20.2 Å². The van der Waals surface area contributed by atoms with Gasteiger partial charge in [0.1, 0.15) is 6.61 Å². The molecule has 2 rings (SSSR count). The van der Waals surface area contributed by atoms with E-state index in [0.29, 0.717) is 29.8 Å². The number of nitrogens with one attached hydrogen (secondary N) is 2. The molecule has 1 fully saturated rings. The van der Waals surface area contributed by atoms with Crippen LogP contribution in [0.2, 0.25) is 0 Å². The second kappa shape index (κ2) is 10.5. The molecule has 0 saturated carbocycles. The monoisotopic (exact) mass is 361 g/mol. The fraction of sp³-hybridized carbons (Fsp3) is 0.444. The number of ether oxygens (including phenoxy) is 3. The average molecular weight is 361 g/mol. The Morgan fingerprint density at radius 2 is 2.36 bits per heavy atom. The minimum absolute atomic E-state index is 0.194. The molecule has 1 saturated heterocycles. The average Bonchev–Trinajstić information content (AvgIpc) is 3.13. The Kier molecular flexibility index (Phi) is 8.02. The fourth-order valence-electron chi connectivity index (χ4n) is 2.33. The third-order valence-corrected chi connectivity index (χ3v) is 3.71. The Labute approximate surface area is 153 Å². The number of hydrogen-bond donors (Lipinski definition) is 2. The number of hydrazone groups is 1. The Morgan fingerprint density at radius 3 is 3.08 bits per heavy atom. The first-order chi connectivity index (χ1) is 12.2. The highest BCUT2D eigenvalue weighted by Crippen LogP contribution is 2.27. The number of nitrogens with zero attached hydrogens (tertiary/aromatic N) is 1. The maximum absolute atomic E-state index is 5.57. The molecule has 0 radical (unpaired) electrons. The zero-order valence-corrected chi connectivity index (χ0v) is 15.1. The summed E-state index contributed by atoms with van der Waals surface area (Å²) in [6, 6.07) is 5.50. The van der Waals surface area contributed by atoms with Gasteiger partial charge in [0.05, 0.1) is 18.9 Å². The van der Waals surface area contributed by atoms with Crippen molar-refractivity contribution in [3.8, 4) is 23.8 Å². The summed E-state index contributed by atoms with van der Waals surface area (Å²) in [5, 5.41) is 7.69. The van der Waals surface area contributed by atoms with Crippen molar-refractivity contribution in [2.45, 2.75) is 25.9 Å². The molecule has 1 atom stereocenters. The predicted molar refractivity (Wildman–Crippen MR) is 102 cm³/mol. The molecule has 0 amide bonds. The quantitative estimate of drug-likeness (QED) is 0.320. The third-order valence-electron chi connectivity index (χ3n) is 3.47. The molecule has 1 aliphatic rings. The molecule has 0 aliphatic carbocycles. The van der Waals surface area contributed by atoms with Crippen LogP contribution in [0, 0.1) is 12.3 Å². The SMILES string of the molecule is C#CCOc1ccc(/C=N\NC(=S)NC[C@H]2CCCO2)cc1OCC. The van der Waals surface area contributed by atoms with Crippen molar-refractivity contribution in [3.05, 3.63) is 23.8 Å². The van der Waals surface area contributed by atoms with Gasteiger partial charge in [-0.05, 0) is 55.7 Å². The largest absolute Gasteiger partial charge is 0.490 e. The smallest absolute Gasteiger partial charge is 0.187 e. The van der Waals surface area contributed by atoms with Gasteiger partial charge in [0.15, 0.2) is 16.6 Å². The van der Waals surface area contributed by atoms with E-state index in [2.05, 4.69) is 21.8 Å². The molecular weight excluding hydrogens is 338 g/mol. The molecule has 0 unspecified atom stereocenters. The van der Waals surface area contributed by atoms with Crippen molar-refractivity contribution in [2.75, 3.05) is 26.4 Å². The summed E-state index contributed by atoms with van der Waals surface area (Å²) in [5.74, 6) is 3.67. The van der Waals surface area contributed by atoms with Gasteiger partial charge in [-0.3, -0.25) is 5.43 Å². The number of rotatable bonds is 8. The van der Waals surface area contributed by atoms with Crippen LogP contribution in [-0.4, -0.2) is 43.8 Å². The number of terminal acetylenes is 1. The Morgan fingerprint density at radius 1 is 1.48 bits per heavy atom. The highest BCUT2D eigenvalue weighted by atomic mass is 32.1.